The fourth-order valence-corrected chi connectivity index (χ4v) is 4.28. The standard InChI is InChI=1S/C24H38O4/c1-3-4-5-6-7-8-9-19-16-27-24(28-17-19)21-12-15-23(26-18-21)20-10-13-22(25-2)14-11-20/h10-11,13-14,19,21,23-24H,3-9,12,15-18H2,1-2H3/t19?,21-,23+,24?/m0/s1. The number of unbranched alkanes of at least 4 members (excludes halogenated alkanes) is 5. The van der Waals surface area contributed by atoms with Crippen LogP contribution in [-0.4, -0.2) is 33.2 Å². The Bertz CT molecular complexity index is 528. The van der Waals surface area contributed by atoms with E-state index in [1.807, 2.05) is 12.1 Å². The first kappa shape index (κ1) is 21.6. The Kier molecular flexibility index (Phi) is 9.10. The van der Waals surface area contributed by atoms with Crippen molar-refractivity contribution in [2.75, 3.05) is 26.9 Å². The zero-order valence-electron chi connectivity index (χ0n) is 17.7. The highest BCUT2D eigenvalue weighted by atomic mass is 16.7. The van der Waals surface area contributed by atoms with Crippen molar-refractivity contribution in [3.63, 3.8) is 0 Å². The molecule has 4 nitrogen and oxygen atoms in total. The van der Waals surface area contributed by atoms with Crippen LogP contribution in [0.1, 0.15) is 76.4 Å². The van der Waals surface area contributed by atoms with E-state index in [2.05, 4.69) is 19.1 Å². The van der Waals surface area contributed by atoms with E-state index in [0.717, 1.165) is 31.8 Å². The van der Waals surface area contributed by atoms with Gasteiger partial charge in [-0.05, 0) is 37.0 Å². The number of hydrogen-bond acceptors (Lipinski definition) is 4. The van der Waals surface area contributed by atoms with E-state index in [9.17, 15) is 0 Å². The van der Waals surface area contributed by atoms with Gasteiger partial charge < -0.3 is 18.9 Å². The zero-order chi connectivity index (χ0) is 19.6. The molecule has 0 aromatic heterocycles. The monoisotopic (exact) mass is 390 g/mol. The maximum atomic E-state index is 6.14. The molecule has 2 saturated heterocycles. The summed E-state index contributed by atoms with van der Waals surface area (Å²) in [5, 5.41) is 0. The highest BCUT2D eigenvalue weighted by Gasteiger charge is 2.33. The van der Waals surface area contributed by atoms with Crippen LogP contribution in [-0.2, 0) is 14.2 Å². The molecule has 0 bridgehead atoms. The summed E-state index contributed by atoms with van der Waals surface area (Å²) in [4.78, 5) is 0. The van der Waals surface area contributed by atoms with E-state index >= 15 is 0 Å². The number of methoxy groups -OCH3 is 1. The smallest absolute Gasteiger partial charge is 0.162 e. The van der Waals surface area contributed by atoms with Gasteiger partial charge in [0.1, 0.15) is 5.75 Å². The summed E-state index contributed by atoms with van der Waals surface area (Å²) in [5.74, 6) is 1.81. The van der Waals surface area contributed by atoms with Crippen molar-refractivity contribution in [1.82, 2.24) is 0 Å². The van der Waals surface area contributed by atoms with Crippen LogP contribution < -0.4 is 4.74 Å². The molecule has 1 aromatic carbocycles. The van der Waals surface area contributed by atoms with Crippen molar-refractivity contribution >= 4 is 0 Å². The maximum Gasteiger partial charge on any atom is 0.162 e. The van der Waals surface area contributed by atoms with E-state index in [1.165, 1.54) is 50.5 Å². The van der Waals surface area contributed by atoms with Crippen LogP contribution in [0.25, 0.3) is 0 Å². The van der Waals surface area contributed by atoms with Gasteiger partial charge in [-0.2, -0.15) is 0 Å². The van der Waals surface area contributed by atoms with Gasteiger partial charge in [-0.3, -0.25) is 0 Å². The van der Waals surface area contributed by atoms with Gasteiger partial charge in [0.15, 0.2) is 6.29 Å². The van der Waals surface area contributed by atoms with Gasteiger partial charge in [-0.1, -0.05) is 57.6 Å². The third-order valence-corrected chi connectivity index (χ3v) is 6.14. The Morgan fingerprint density at radius 3 is 2.21 bits per heavy atom. The first-order valence-electron chi connectivity index (χ1n) is 11.3. The van der Waals surface area contributed by atoms with Gasteiger partial charge in [-0.25, -0.2) is 0 Å². The second-order valence-corrected chi connectivity index (χ2v) is 8.39. The van der Waals surface area contributed by atoms with Gasteiger partial charge in [0.2, 0.25) is 0 Å². The molecule has 0 spiro atoms. The molecular formula is C24H38O4. The van der Waals surface area contributed by atoms with Crippen molar-refractivity contribution in [1.29, 1.82) is 0 Å². The van der Waals surface area contributed by atoms with Crippen LogP contribution in [0.5, 0.6) is 5.75 Å². The fourth-order valence-electron chi connectivity index (χ4n) is 4.28. The molecule has 0 amide bonds. The Hall–Kier alpha value is -1.10. The summed E-state index contributed by atoms with van der Waals surface area (Å²) in [7, 11) is 1.69. The third kappa shape index (κ3) is 6.47. The summed E-state index contributed by atoms with van der Waals surface area (Å²) in [6.07, 6.45) is 11.5. The normalized spacial score (nSPS) is 28.2. The predicted molar refractivity (Wildman–Crippen MR) is 112 cm³/mol. The van der Waals surface area contributed by atoms with Gasteiger partial charge in [0.05, 0.1) is 33.0 Å². The lowest BCUT2D eigenvalue weighted by atomic mass is 9.93. The molecule has 0 radical (unpaired) electrons. The minimum atomic E-state index is -0.0855. The Balaban J connectivity index is 1.31. The summed E-state index contributed by atoms with van der Waals surface area (Å²) < 4.78 is 23.5. The van der Waals surface area contributed by atoms with Crippen LogP contribution in [0.2, 0.25) is 0 Å². The molecule has 2 aliphatic rings. The Morgan fingerprint density at radius 1 is 0.857 bits per heavy atom. The van der Waals surface area contributed by atoms with Crippen molar-refractivity contribution in [2.45, 2.75) is 77.1 Å². The molecule has 158 valence electrons. The zero-order valence-corrected chi connectivity index (χ0v) is 17.7. The van der Waals surface area contributed by atoms with E-state index in [0.29, 0.717) is 18.4 Å². The van der Waals surface area contributed by atoms with Gasteiger partial charge in [-0.15, -0.1) is 0 Å². The van der Waals surface area contributed by atoms with Crippen LogP contribution in [0.3, 0.4) is 0 Å². The SMILES string of the molecule is CCCCCCCCC1COC([C@H]2CC[C@H](c3ccc(OC)cc3)OC2)OC1. The van der Waals surface area contributed by atoms with Crippen molar-refractivity contribution in [2.24, 2.45) is 11.8 Å². The quantitative estimate of drug-likeness (QED) is 0.466. The molecule has 0 N–H and O–H groups in total. The van der Waals surface area contributed by atoms with Gasteiger partial charge in [0, 0.05) is 11.8 Å². The molecule has 3 rings (SSSR count). The van der Waals surface area contributed by atoms with Crippen molar-refractivity contribution in [3.8, 4) is 5.75 Å². The second kappa shape index (κ2) is 11.8. The molecule has 0 unspecified atom stereocenters. The van der Waals surface area contributed by atoms with Gasteiger partial charge >= 0.3 is 0 Å². The largest absolute Gasteiger partial charge is 0.497 e. The van der Waals surface area contributed by atoms with Crippen LogP contribution in [0, 0.1) is 11.8 Å². The average molecular weight is 391 g/mol. The summed E-state index contributed by atoms with van der Waals surface area (Å²) in [5.41, 5.74) is 1.23. The number of hydrogen-bond donors (Lipinski definition) is 0. The maximum absolute atomic E-state index is 6.14. The topological polar surface area (TPSA) is 36.9 Å². The van der Waals surface area contributed by atoms with Crippen molar-refractivity contribution in [3.05, 3.63) is 29.8 Å². The lowest BCUT2D eigenvalue weighted by molar-refractivity contribution is -0.242. The Labute approximate surface area is 170 Å². The molecule has 2 heterocycles. The summed E-state index contributed by atoms with van der Waals surface area (Å²) in [6, 6.07) is 8.21. The minimum Gasteiger partial charge on any atom is -0.497 e. The molecule has 0 saturated carbocycles. The van der Waals surface area contributed by atoms with E-state index in [-0.39, 0.29) is 12.4 Å². The summed E-state index contributed by atoms with van der Waals surface area (Å²) in [6.45, 7) is 4.67. The van der Waals surface area contributed by atoms with E-state index in [4.69, 9.17) is 18.9 Å². The molecule has 2 fully saturated rings. The lowest BCUT2D eigenvalue weighted by Gasteiger charge is -2.37. The second-order valence-electron chi connectivity index (χ2n) is 8.39. The highest BCUT2D eigenvalue weighted by Crippen LogP contribution is 2.35. The molecule has 1 aromatic rings. The molecule has 2 atom stereocenters. The van der Waals surface area contributed by atoms with E-state index < -0.39 is 0 Å². The Morgan fingerprint density at radius 2 is 1.57 bits per heavy atom. The van der Waals surface area contributed by atoms with E-state index in [1.54, 1.807) is 7.11 Å². The van der Waals surface area contributed by atoms with Crippen LogP contribution in [0.15, 0.2) is 24.3 Å². The van der Waals surface area contributed by atoms with Crippen LogP contribution in [0.4, 0.5) is 0 Å². The number of rotatable bonds is 10. The minimum absolute atomic E-state index is 0.0855. The fraction of sp³-hybridized carbons (Fsp3) is 0.750. The lowest BCUT2D eigenvalue weighted by Crippen LogP contribution is -2.40. The summed E-state index contributed by atoms with van der Waals surface area (Å²) >= 11 is 0. The van der Waals surface area contributed by atoms with Crippen LogP contribution >= 0.6 is 0 Å². The predicted octanol–water partition coefficient (Wildman–Crippen LogP) is 5.90. The molecule has 0 aliphatic carbocycles. The number of benzene rings is 1. The molecule has 28 heavy (non-hydrogen) atoms. The van der Waals surface area contributed by atoms with Gasteiger partial charge in [0.25, 0.3) is 0 Å². The molecule has 2 aliphatic heterocycles. The third-order valence-electron chi connectivity index (χ3n) is 6.14. The van der Waals surface area contributed by atoms with Crippen molar-refractivity contribution < 1.29 is 18.9 Å². The highest BCUT2D eigenvalue weighted by molar-refractivity contribution is 5.28. The number of ether oxygens (including phenoxy) is 4. The average Bonchev–Trinajstić information content (AvgIpc) is 2.77. The molecule has 4 heteroatoms. The molecular weight excluding hydrogens is 352 g/mol. The first-order chi connectivity index (χ1) is 13.8. The first-order valence-corrected chi connectivity index (χ1v) is 11.3.